The Bertz CT molecular complexity index is 276. The van der Waals surface area contributed by atoms with Crippen LogP contribution in [0.2, 0.25) is 0 Å². The van der Waals surface area contributed by atoms with E-state index in [4.69, 9.17) is 10.5 Å². The molecule has 1 rings (SSSR count). The Hall–Kier alpha value is -0.860. The van der Waals surface area contributed by atoms with Crippen LogP contribution in [0, 0.1) is 0 Å². The quantitative estimate of drug-likeness (QED) is 0.824. The number of rotatable bonds is 4. The Morgan fingerprint density at radius 1 is 1.20 bits per heavy atom. The Morgan fingerprint density at radius 3 is 2.27 bits per heavy atom. The van der Waals surface area contributed by atoms with Gasteiger partial charge in [0.25, 0.3) is 0 Å². The molecule has 0 aliphatic heterocycles. The maximum absolute atomic E-state index is 5.98. The molecule has 0 aromatic heterocycles. The Balaban J connectivity index is 2.75. The summed E-state index contributed by atoms with van der Waals surface area (Å²) in [6.07, 6.45) is 0.970. The molecule has 0 bridgehead atoms. The van der Waals surface area contributed by atoms with Gasteiger partial charge in [-0.25, -0.2) is 0 Å². The highest BCUT2D eigenvalue weighted by atomic mass is 16.5. The average molecular weight is 207 g/mol. The zero-order chi connectivity index (χ0) is 11.3. The number of hydrogen-bond donors (Lipinski definition) is 1. The second-order valence-corrected chi connectivity index (χ2v) is 4.71. The van der Waals surface area contributed by atoms with Crippen molar-refractivity contribution in [3.05, 3.63) is 35.9 Å². The minimum Gasteiger partial charge on any atom is -0.368 e. The molecule has 84 valence electrons. The first-order valence-electron chi connectivity index (χ1n) is 5.46. The molecule has 2 heteroatoms. The average Bonchev–Trinajstić information content (AvgIpc) is 2.17. The monoisotopic (exact) mass is 207 g/mol. The molecule has 0 saturated carbocycles. The largest absolute Gasteiger partial charge is 0.368 e. The van der Waals surface area contributed by atoms with Gasteiger partial charge in [0.2, 0.25) is 0 Å². The second kappa shape index (κ2) is 5.29. The second-order valence-electron chi connectivity index (χ2n) is 4.71. The lowest BCUT2D eigenvalue weighted by Gasteiger charge is -2.27. The van der Waals surface area contributed by atoms with Crippen LogP contribution in [-0.4, -0.2) is 12.1 Å². The van der Waals surface area contributed by atoms with Gasteiger partial charge in [-0.1, -0.05) is 30.3 Å². The first-order valence-corrected chi connectivity index (χ1v) is 5.46. The van der Waals surface area contributed by atoms with E-state index >= 15 is 0 Å². The molecule has 0 fully saturated rings. The van der Waals surface area contributed by atoms with Gasteiger partial charge in [-0.15, -0.1) is 0 Å². The van der Waals surface area contributed by atoms with Crippen LogP contribution in [0.15, 0.2) is 30.3 Å². The van der Waals surface area contributed by atoms with Gasteiger partial charge in [-0.05, 0) is 39.3 Å². The summed E-state index contributed by atoms with van der Waals surface area (Å²) in [5, 5.41) is 0. The third kappa shape index (κ3) is 4.45. The lowest BCUT2D eigenvalue weighted by atomic mass is 10.0. The van der Waals surface area contributed by atoms with Crippen molar-refractivity contribution in [1.82, 2.24) is 0 Å². The number of ether oxygens (including phenoxy) is 1. The van der Waals surface area contributed by atoms with Crippen molar-refractivity contribution in [3.8, 4) is 0 Å². The fraction of sp³-hybridized carbons (Fsp3) is 0.538. The van der Waals surface area contributed by atoms with Gasteiger partial charge < -0.3 is 10.5 Å². The summed E-state index contributed by atoms with van der Waals surface area (Å²) in [5.74, 6) is 0. The zero-order valence-electron chi connectivity index (χ0n) is 9.86. The SMILES string of the molecule is CC(C)(C)OC(CCN)c1ccccc1. The van der Waals surface area contributed by atoms with Crippen LogP contribution in [0.25, 0.3) is 0 Å². The molecular weight excluding hydrogens is 186 g/mol. The lowest BCUT2D eigenvalue weighted by Crippen LogP contribution is -2.24. The van der Waals surface area contributed by atoms with Crippen LogP contribution in [0.4, 0.5) is 0 Å². The smallest absolute Gasteiger partial charge is 0.0844 e. The molecule has 0 aliphatic rings. The van der Waals surface area contributed by atoms with E-state index in [-0.39, 0.29) is 11.7 Å². The topological polar surface area (TPSA) is 35.2 Å². The van der Waals surface area contributed by atoms with Crippen LogP contribution in [0.1, 0.15) is 38.9 Å². The molecule has 1 unspecified atom stereocenters. The third-order valence-electron chi connectivity index (χ3n) is 2.10. The fourth-order valence-corrected chi connectivity index (χ4v) is 1.54. The first kappa shape index (κ1) is 12.2. The van der Waals surface area contributed by atoms with Crippen molar-refractivity contribution in [2.24, 2.45) is 5.73 Å². The molecule has 2 N–H and O–H groups in total. The molecular formula is C13H21NO. The van der Waals surface area contributed by atoms with Gasteiger partial charge in [-0.3, -0.25) is 0 Å². The van der Waals surface area contributed by atoms with E-state index in [9.17, 15) is 0 Å². The fourth-order valence-electron chi connectivity index (χ4n) is 1.54. The summed E-state index contributed by atoms with van der Waals surface area (Å²) in [4.78, 5) is 0. The Morgan fingerprint density at radius 2 is 1.80 bits per heavy atom. The third-order valence-corrected chi connectivity index (χ3v) is 2.10. The molecule has 0 radical (unpaired) electrons. The van der Waals surface area contributed by atoms with Gasteiger partial charge in [0.1, 0.15) is 0 Å². The zero-order valence-corrected chi connectivity index (χ0v) is 9.86. The highest BCUT2D eigenvalue weighted by molar-refractivity contribution is 5.17. The van der Waals surface area contributed by atoms with Crippen molar-refractivity contribution in [3.63, 3.8) is 0 Å². The van der Waals surface area contributed by atoms with Crippen LogP contribution >= 0.6 is 0 Å². The molecule has 0 aliphatic carbocycles. The summed E-state index contributed by atoms with van der Waals surface area (Å²) in [7, 11) is 0. The van der Waals surface area contributed by atoms with Crippen LogP contribution < -0.4 is 5.73 Å². The predicted molar refractivity (Wildman–Crippen MR) is 63.7 cm³/mol. The summed E-state index contributed by atoms with van der Waals surface area (Å²) in [6, 6.07) is 10.3. The highest BCUT2D eigenvalue weighted by Gasteiger charge is 2.19. The van der Waals surface area contributed by atoms with E-state index in [1.165, 1.54) is 5.56 Å². The standard InChI is InChI=1S/C13H21NO/c1-13(2,3)15-12(9-10-14)11-7-5-4-6-8-11/h4-8,12H,9-10,14H2,1-3H3. The first-order chi connectivity index (χ1) is 7.03. The number of hydrogen-bond acceptors (Lipinski definition) is 2. The van der Waals surface area contributed by atoms with Crippen molar-refractivity contribution in [1.29, 1.82) is 0 Å². The summed E-state index contributed by atoms with van der Waals surface area (Å²) >= 11 is 0. The molecule has 0 spiro atoms. The van der Waals surface area contributed by atoms with Gasteiger partial charge in [0.05, 0.1) is 11.7 Å². The molecule has 15 heavy (non-hydrogen) atoms. The van der Waals surface area contributed by atoms with Gasteiger partial charge in [0, 0.05) is 0 Å². The van der Waals surface area contributed by atoms with Crippen LogP contribution in [-0.2, 0) is 4.74 Å². The van der Waals surface area contributed by atoms with Gasteiger partial charge in [0.15, 0.2) is 0 Å². The minimum absolute atomic E-state index is 0.108. The Kier molecular flexibility index (Phi) is 4.30. The van der Waals surface area contributed by atoms with Gasteiger partial charge >= 0.3 is 0 Å². The van der Waals surface area contributed by atoms with Crippen LogP contribution in [0.5, 0.6) is 0 Å². The lowest BCUT2D eigenvalue weighted by molar-refractivity contribution is -0.0640. The normalized spacial score (nSPS) is 13.9. The maximum atomic E-state index is 5.98. The molecule has 1 aromatic rings. The van der Waals surface area contributed by atoms with Crippen molar-refractivity contribution >= 4 is 0 Å². The van der Waals surface area contributed by atoms with E-state index in [0.29, 0.717) is 6.54 Å². The van der Waals surface area contributed by atoms with E-state index in [2.05, 4.69) is 32.9 Å². The van der Waals surface area contributed by atoms with E-state index in [1.54, 1.807) is 0 Å². The summed E-state index contributed by atoms with van der Waals surface area (Å²) < 4.78 is 5.98. The molecule has 2 nitrogen and oxygen atoms in total. The summed E-state index contributed by atoms with van der Waals surface area (Å²) in [6.45, 7) is 6.86. The molecule has 0 heterocycles. The van der Waals surface area contributed by atoms with E-state index < -0.39 is 0 Å². The molecule has 0 amide bonds. The molecule has 1 atom stereocenters. The maximum Gasteiger partial charge on any atom is 0.0844 e. The van der Waals surface area contributed by atoms with Crippen molar-refractivity contribution in [2.75, 3.05) is 6.54 Å². The minimum atomic E-state index is -0.129. The number of nitrogens with two attached hydrogens (primary N) is 1. The molecule has 0 saturated heterocycles. The van der Waals surface area contributed by atoms with Gasteiger partial charge in [-0.2, -0.15) is 0 Å². The predicted octanol–water partition coefficient (Wildman–Crippen LogP) is 2.89. The molecule has 1 aromatic carbocycles. The van der Waals surface area contributed by atoms with E-state index in [1.807, 2.05) is 18.2 Å². The summed E-state index contributed by atoms with van der Waals surface area (Å²) in [5.41, 5.74) is 6.68. The highest BCUT2D eigenvalue weighted by Crippen LogP contribution is 2.26. The number of benzene rings is 1. The van der Waals surface area contributed by atoms with E-state index in [0.717, 1.165) is 6.42 Å². The van der Waals surface area contributed by atoms with Crippen LogP contribution in [0.3, 0.4) is 0 Å². The Labute approximate surface area is 92.4 Å². The van der Waals surface area contributed by atoms with Crippen molar-refractivity contribution < 1.29 is 4.74 Å². The van der Waals surface area contributed by atoms with Crippen molar-refractivity contribution in [2.45, 2.75) is 38.9 Å².